The maximum Gasteiger partial charge on any atom is 0.223 e. The van der Waals surface area contributed by atoms with Crippen LogP contribution in [-0.4, -0.2) is 39.5 Å². The Morgan fingerprint density at radius 2 is 2.30 bits per heavy atom. The van der Waals surface area contributed by atoms with Gasteiger partial charge in [-0.15, -0.1) is 0 Å². The number of carbonyl (C=O) groups is 1. The van der Waals surface area contributed by atoms with Crippen molar-refractivity contribution in [3.63, 3.8) is 0 Å². The van der Waals surface area contributed by atoms with Gasteiger partial charge in [-0.05, 0) is 39.2 Å². The summed E-state index contributed by atoms with van der Waals surface area (Å²) in [5.74, 6) is -0.109. The molecule has 1 aliphatic carbocycles. The van der Waals surface area contributed by atoms with Gasteiger partial charge in [0.25, 0.3) is 0 Å². The summed E-state index contributed by atoms with van der Waals surface area (Å²) in [5, 5.41) is 17.0. The predicted molar refractivity (Wildman–Crippen MR) is 76.0 cm³/mol. The zero-order chi connectivity index (χ0) is 14.7. The van der Waals surface area contributed by atoms with Gasteiger partial charge in [0.05, 0.1) is 18.3 Å². The van der Waals surface area contributed by atoms with Crippen molar-refractivity contribution in [3.05, 3.63) is 17.5 Å². The van der Waals surface area contributed by atoms with Crippen molar-refractivity contribution in [1.82, 2.24) is 15.1 Å². The highest BCUT2D eigenvalue weighted by Crippen LogP contribution is 2.23. The van der Waals surface area contributed by atoms with Crippen LogP contribution in [0.1, 0.15) is 30.7 Å². The molecule has 4 N–H and O–H groups in total. The molecule has 0 radical (unpaired) electrons. The SMILES string of the molecule is Cc1cc(C)n(CCNC(=O)[C@H]2CC[C@@H](N)[C@H](O)C2)n1. The number of aromatic nitrogens is 2. The molecule has 0 aromatic carbocycles. The molecule has 1 aromatic rings. The molecule has 3 atom stereocenters. The molecule has 0 spiro atoms. The van der Waals surface area contributed by atoms with Gasteiger partial charge in [-0.25, -0.2) is 0 Å². The lowest BCUT2D eigenvalue weighted by Crippen LogP contribution is -2.44. The topological polar surface area (TPSA) is 93.2 Å². The molecule has 20 heavy (non-hydrogen) atoms. The zero-order valence-corrected chi connectivity index (χ0v) is 12.2. The van der Waals surface area contributed by atoms with E-state index in [0.717, 1.165) is 17.8 Å². The average Bonchev–Trinajstić information content (AvgIpc) is 2.71. The van der Waals surface area contributed by atoms with Crippen LogP contribution < -0.4 is 11.1 Å². The summed E-state index contributed by atoms with van der Waals surface area (Å²) in [6, 6.07) is 1.83. The molecule has 0 unspecified atom stereocenters. The second-order valence-corrected chi connectivity index (χ2v) is 5.68. The maximum atomic E-state index is 12.0. The van der Waals surface area contributed by atoms with Gasteiger partial charge in [0.1, 0.15) is 0 Å². The van der Waals surface area contributed by atoms with E-state index in [-0.39, 0.29) is 17.9 Å². The molecule has 1 heterocycles. The van der Waals surface area contributed by atoms with E-state index in [1.807, 2.05) is 24.6 Å². The molecule has 1 aliphatic rings. The lowest BCUT2D eigenvalue weighted by molar-refractivity contribution is -0.127. The lowest BCUT2D eigenvalue weighted by Gasteiger charge is -2.29. The largest absolute Gasteiger partial charge is 0.391 e. The van der Waals surface area contributed by atoms with Crippen LogP contribution in [0, 0.1) is 19.8 Å². The number of hydrogen-bond acceptors (Lipinski definition) is 4. The van der Waals surface area contributed by atoms with Gasteiger partial charge >= 0.3 is 0 Å². The van der Waals surface area contributed by atoms with E-state index in [2.05, 4.69) is 10.4 Å². The summed E-state index contributed by atoms with van der Waals surface area (Å²) < 4.78 is 1.89. The fourth-order valence-electron chi connectivity index (χ4n) is 2.74. The van der Waals surface area contributed by atoms with Crippen molar-refractivity contribution >= 4 is 5.91 Å². The third-order valence-corrected chi connectivity index (χ3v) is 3.97. The van der Waals surface area contributed by atoms with Crippen molar-refractivity contribution < 1.29 is 9.90 Å². The minimum atomic E-state index is -0.560. The molecule has 0 aliphatic heterocycles. The fourth-order valence-corrected chi connectivity index (χ4v) is 2.74. The Morgan fingerprint density at radius 1 is 1.55 bits per heavy atom. The Bertz CT molecular complexity index is 472. The van der Waals surface area contributed by atoms with Crippen LogP contribution in [-0.2, 0) is 11.3 Å². The first-order valence-electron chi connectivity index (χ1n) is 7.20. The van der Waals surface area contributed by atoms with E-state index in [1.54, 1.807) is 0 Å². The van der Waals surface area contributed by atoms with Gasteiger partial charge in [0, 0.05) is 24.2 Å². The normalized spacial score (nSPS) is 26.5. The van der Waals surface area contributed by atoms with Gasteiger partial charge in [-0.3, -0.25) is 9.48 Å². The first kappa shape index (κ1) is 15.0. The second-order valence-electron chi connectivity index (χ2n) is 5.68. The minimum Gasteiger partial charge on any atom is -0.391 e. The van der Waals surface area contributed by atoms with Crippen molar-refractivity contribution in [2.45, 2.75) is 51.8 Å². The van der Waals surface area contributed by atoms with Crippen LogP contribution in [0.3, 0.4) is 0 Å². The van der Waals surface area contributed by atoms with Crippen LogP contribution in [0.15, 0.2) is 6.07 Å². The average molecular weight is 280 g/mol. The highest BCUT2D eigenvalue weighted by molar-refractivity contribution is 5.78. The summed E-state index contributed by atoms with van der Waals surface area (Å²) in [5.41, 5.74) is 7.82. The summed E-state index contributed by atoms with van der Waals surface area (Å²) >= 11 is 0. The van der Waals surface area contributed by atoms with Crippen LogP contribution in [0.2, 0.25) is 0 Å². The molecule has 6 nitrogen and oxygen atoms in total. The number of amides is 1. The number of aryl methyl sites for hydroxylation is 2. The van der Waals surface area contributed by atoms with Crippen LogP contribution in [0.5, 0.6) is 0 Å². The molecule has 6 heteroatoms. The van der Waals surface area contributed by atoms with Gasteiger partial charge in [0.15, 0.2) is 0 Å². The van der Waals surface area contributed by atoms with Crippen molar-refractivity contribution in [3.8, 4) is 0 Å². The Hall–Kier alpha value is -1.40. The number of aliphatic hydroxyl groups excluding tert-OH is 1. The number of hydrogen-bond donors (Lipinski definition) is 3. The molecular weight excluding hydrogens is 256 g/mol. The molecule has 1 fully saturated rings. The number of nitrogens with zero attached hydrogens (tertiary/aromatic N) is 2. The Kier molecular flexibility index (Phi) is 4.77. The highest BCUT2D eigenvalue weighted by atomic mass is 16.3. The minimum absolute atomic E-state index is 0.0116. The molecule has 1 aromatic heterocycles. The Balaban J connectivity index is 1.77. The van der Waals surface area contributed by atoms with Crippen molar-refractivity contribution in [2.75, 3.05) is 6.54 Å². The van der Waals surface area contributed by atoms with E-state index < -0.39 is 6.10 Å². The first-order chi connectivity index (χ1) is 9.47. The third-order valence-electron chi connectivity index (χ3n) is 3.97. The summed E-state index contributed by atoms with van der Waals surface area (Å²) in [6.45, 7) is 5.18. The maximum absolute atomic E-state index is 12.0. The van der Waals surface area contributed by atoms with Gasteiger partial charge in [0.2, 0.25) is 5.91 Å². The summed E-state index contributed by atoms with van der Waals surface area (Å²) in [4.78, 5) is 12.0. The number of carbonyl (C=O) groups excluding carboxylic acids is 1. The molecule has 112 valence electrons. The molecule has 1 amide bonds. The highest BCUT2D eigenvalue weighted by Gasteiger charge is 2.30. The predicted octanol–water partition coefficient (Wildman–Crippen LogP) is 0.104. The molecule has 2 rings (SSSR count). The number of nitrogens with one attached hydrogen (secondary N) is 1. The van der Waals surface area contributed by atoms with Crippen LogP contribution in [0.25, 0.3) is 0 Å². The van der Waals surface area contributed by atoms with Crippen LogP contribution >= 0.6 is 0 Å². The molecule has 0 saturated heterocycles. The van der Waals surface area contributed by atoms with Crippen LogP contribution in [0.4, 0.5) is 0 Å². The Labute approximate surface area is 119 Å². The summed E-state index contributed by atoms with van der Waals surface area (Å²) in [7, 11) is 0. The summed E-state index contributed by atoms with van der Waals surface area (Å²) in [6.07, 6.45) is 1.36. The van der Waals surface area contributed by atoms with Crippen molar-refractivity contribution in [2.24, 2.45) is 11.7 Å². The molecule has 0 bridgehead atoms. The number of aliphatic hydroxyl groups is 1. The first-order valence-corrected chi connectivity index (χ1v) is 7.20. The molecular formula is C14H24N4O2. The van der Waals surface area contributed by atoms with Gasteiger partial charge < -0.3 is 16.2 Å². The van der Waals surface area contributed by atoms with E-state index in [0.29, 0.717) is 25.9 Å². The third kappa shape index (κ3) is 3.58. The van der Waals surface area contributed by atoms with E-state index in [1.165, 1.54) is 0 Å². The van der Waals surface area contributed by atoms with E-state index >= 15 is 0 Å². The molecule has 1 saturated carbocycles. The van der Waals surface area contributed by atoms with E-state index in [4.69, 9.17) is 5.73 Å². The van der Waals surface area contributed by atoms with Gasteiger partial charge in [-0.2, -0.15) is 5.10 Å². The smallest absolute Gasteiger partial charge is 0.223 e. The van der Waals surface area contributed by atoms with Crippen molar-refractivity contribution in [1.29, 1.82) is 0 Å². The monoisotopic (exact) mass is 280 g/mol. The number of rotatable bonds is 4. The van der Waals surface area contributed by atoms with Gasteiger partial charge in [-0.1, -0.05) is 0 Å². The standard InChI is InChI=1S/C14H24N4O2/c1-9-7-10(2)18(17-9)6-5-16-14(20)11-3-4-12(15)13(19)8-11/h7,11-13,19H,3-6,8,15H2,1-2H3,(H,16,20)/t11-,12+,13+/m0/s1. The number of nitrogens with two attached hydrogens (primary N) is 1. The zero-order valence-electron chi connectivity index (χ0n) is 12.2. The lowest BCUT2D eigenvalue weighted by atomic mass is 9.84. The fraction of sp³-hybridized carbons (Fsp3) is 0.714. The second kappa shape index (κ2) is 6.37. The van der Waals surface area contributed by atoms with E-state index in [9.17, 15) is 9.90 Å². The quantitative estimate of drug-likeness (QED) is 0.729. The Morgan fingerprint density at radius 3 is 2.90 bits per heavy atom.